The van der Waals surface area contributed by atoms with Crippen molar-refractivity contribution in [3.05, 3.63) is 56.7 Å². The number of likely N-dealkylation sites (N-methyl/N-ethyl adjacent to an activating group) is 1. The number of hydrogen-bond acceptors (Lipinski definition) is 3. The molecule has 0 saturated carbocycles. The summed E-state index contributed by atoms with van der Waals surface area (Å²) in [5.41, 5.74) is 2.30. The first kappa shape index (κ1) is 18.5. The topological polar surface area (TPSA) is 56.7 Å². The Balaban J connectivity index is 1.96. The van der Waals surface area contributed by atoms with E-state index in [1.807, 2.05) is 35.7 Å². The summed E-state index contributed by atoms with van der Waals surface area (Å²) in [6, 6.07) is 10.1. The molecule has 2 aromatic rings. The van der Waals surface area contributed by atoms with Crippen LogP contribution in [0.3, 0.4) is 0 Å². The Morgan fingerprint density at radius 2 is 1.92 bits per heavy atom. The molecule has 2 rings (SSSR count). The number of halogens is 1. The van der Waals surface area contributed by atoms with Gasteiger partial charge in [0.25, 0.3) is 0 Å². The van der Waals surface area contributed by atoms with Crippen molar-refractivity contribution < 1.29 is 4.79 Å². The van der Waals surface area contributed by atoms with Crippen LogP contribution >= 0.6 is 27.3 Å². The molecule has 128 valence electrons. The first-order valence-corrected chi connectivity index (χ1v) is 9.26. The third-order valence-corrected chi connectivity index (χ3v) is 4.54. The summed E-state index contributed by atoms with van der Waals surface area (Å²) < 4.78 is 1.05. The fraction of sp³-hybridized carbons (Fsp3) is 0.294. The Morgan fingerprint density at radius 1 is 1.17 bits per heavy atom. The van der Waals surface area contributed by atoms with Crippen LogP contribution in [-0.2, 0) is 17.9 Å². The maximum atomic E-state index is 11.8. The van der Waals surface area contributed by atoms with Crippen molar-refractivity contribution in [3.8, 4) is 0 Å². The average Bonchev–Trinajstić information content (AvgIpc) is 3.08. The fourth-order valence-corrected chi connectivity index (χ4v) is 2.76. The summed E-state index contributed by atoms with van der Waals surface area (Å²) in [6.07, 6.45) is 0. The number of benzene rings is 1. The molecule has 2 N–H and O–H groups in total. The van der Waals surface area contributed by atoms with Gasteiger partial charge in [-0.15, -0.1) is 0 Å². The Kier molecular flexibility index (Phi) is 7.27. The third-order valence-electron chi connectivity index (χ3n) is 3.28. The maximum absolute atomic E-state index is 11.8. The Labute approximate surface area is 154 Å². The number of thiophene rings is 1. The minimum absolute atomic E-state index is 0.00340. The van der Waals surface area contributed by atoms with E-state index in [-0.39, 0.29) is 12.5 Å². The van der Waals surface area contributed by atoms with Crippen molar-refractivity contribution in [1.82, 2.24) is 15.5 Å². The van der Waals surface area contributed by atoms with Crippen LogP contribution in [0.15, 0.2) is 50.6 Å². The lowest BCUT2D eigenvalue weighted by Crippen LogP contribution is -2.42. The number of aliphatic imine (C=N–C) groups is 1. The molecule has 0 unspecified atom stereocenters. The summed E-state index contributed by atoms with van der Waals surface area (Å²) in [7, 11) is 3.48. The Morgan fingerprint density at radius 3 is 2.54 bits per heavy atom. The van der Waals surface area contributed by atoms with E-state index >= 15 is 0 Å². The molecule has 5 nitrogen and oxygen atoms in total. The molecule has 1 aromatic heterocycles. The van der Waals surface area contributed by atoms with E-state index in [0.29, 0.717) is 19.0 Å². The van der Waals surface area contributed by atoms with Crippen molar-refractivity contribution in [2.75, 3.05) is 20.6 Å². The molecule has 7 heteroatoms. The van der Waals surface area contributed by atoms with Gasteiger partial charge in [-0.05, 0) is 40.1 Å². The van der Waals surface area contributed by atoms with E-state index in [4.69, 9.17) is 0 Å². The zero-order chi connectivity index (χ0) is 17.4. The van der Waals surface area contributed by atoms with Crippen LogP contribution in [0.5, 0.6) is 0 Å². The second-order valence-corrected chi connectivity index (χ2v) is 7.11. The van der Waals surface area contributed by atoms with Crippen LogP contribution in [0.4, 0.5) is 0 Å². The van der Waals surface area contributed by atoms with Gasteiger partial charge < -0.3 is 15.5 Å². The van der Waals surface area contributed by atoms with Crippen LogP contribution in [-0.4, -0.2) is 37.4 Å². The Hall–Kier alpha value is -1.86. The van der Waals surface area contributed by atoms with E-state index in [1.54, 1.807) is 30.3 Å². The van der Waals surface area contributed by atoms with Crippen molar-refractivity contribution >= 4 is 39.1 Å². The minimum Gasteiger partial charge on any atom is -0.352 e. The van der Waals surface area contributed by atoms with Crippen molar-refractivity contribution in [2.24, 2.45) is 4.99 Å². The van der Waals surface area contributed by atoms with E-state index in [0.717, 1.165) is 15.6 Å². The lowest BCUT2D eigenvalue weighted by Gasteiger charge is -2.15. The predicted octanol–water partition coefficient (Wildman–Crippen LogP) is 2.83. The summed E-state index contributed by atoms with van der Waals surface area (Å²) in [6.45, 7) is 1.43. The number of hydrogen-bond donors (Lipinski definition) is 2. The summed E-state index contributed by atoms with van der Waals surface area (Å²) in [4.78, 5) is 17.9. The largest absolute Gasteiger partial charge is 0.352 e. The molecule has 0 atom stereocenters. The van der Waals surface area contributed by atoms with Crippen molar-refractivity contribution in [1.29, 1.82) is 0 Å². The van der Waals surface area contributed by atoms with Crippen LogP contribution in [0.25, 0.3) is 0 Å². The Bertz CT molecular complexity index is 668. The van der Waals surface area contributed by atoms with E-state index < -0.39 is 0 Å². The highest BCUT2D eigenvalue weighted by Gasteiger charge is 2.06. The zero-order valence-corrected chi connectivity index (χ0v) is 16.2. The highest BCUT2D eigenvalue weighted by Crippen LogP contribution is 2.10. The van der Waals surface area contributed by atoms with Crippen molar-refractivity contribution in [3.63, 3.8) is 0 Å². The lowest BCUT2D eigenvalue weighted by atomic mass is 10.2. The zero-order valence-electron chi connectivity index (χ0n) is 13.8. The SMILES string of the molecule is CN(C)C(=O)CNC(=NCc1ccsc1)NCc1ccc(Br)cc1. The first-order valence-electron chi connectivity index (χ1n) is 7.52. The van der Waals surface area contributed by atoms with Crippen molar-refractivity contribution in [2.45, 2.75) is 13.1 Å². The van der Waals surface area contributed by atoms with E-state index in [2.05, 4.69) is 36.9 Å². The molecule has 0 spiro atoms. The van der Waals surface area contributed by atoms with Gasteiger partial charge in [-0.3, -0.25) is 4.79 Å². The van der Waals surface area contributed by atoms with Gasteiger partial charge in [-0.25, -0.2) is 4.99 Å². The number of rotatable bonds is 6. The van der Waals surface area contributed by atoms with Crippen LogP contribution in [0.2, 0.25) is 0 Å². The molecular formula is C17H21BrN4OS. The number of guanidine groups is 1. The lowest BCUT2D eigenvalue weighted by molar-refractivity contribution is -0.127. The molecule has 0 fully saturated rings. The molecule has 0 radical (unpaired) electrons. The predicted molar refractivity (Wildman–Crippen MR) is 103 cm³/mol. The summed E-state index contributed by atoms with van der Waals surface area (Å²) in [5.74, 6) is 0.628. The van der Waals surface area contributed by atoms with Crippen LogP contribution in [0.1, 0.15) is 11.1 Å². The van der Waals surface area contributed by atoms with Gasteiger partial charge >= 0.3 is 0 Å². The molecule has 0 aliphatic carbocycles. The standard InChI is InChI=1S/C17H21BrN4OS/c1-22(2)16(23)11-21-17(20-10-14-7-8-24-12-14)19-9-13-3-5-15(18)6-4-13/h3-8,12H,9-11H2,1-2H3,(H2,19,20,21). The number of carbonyl (C=O) groups excluding carboxylic acids is 1. The second kappa shape index (κ2) is 9.44. The number of nitrogens with one attached hydrogen (secondary N) is 2. The normalized spacial score (nSPS) is 11.2. The number of carbonyl (C=O) groups is 1. The highest BCUT2D eigenvalue weighted by molar-refractivity contribution is 9.10. The van der Waals surface area contributed by atoms with Gasteiger partial charge in [0.05, 0.1) is 13.1 Å². The van der Waals surface area contributed by atoms with Crippen LogP contribution < -0.4 is 10.6 Å². The van der Waals surface area contributed by atoms with Gasteiger partial charge in [0.2, 0.25) is 5.91 Å². The summed E-state index contributed by atoms with van der Waals surface area (Å²) in [5, 5.41) is 10.5. The summed E-state index contributed by atoms with van der Waals surface area (Å²) >= 11 is 5.08. The first-order chi connectivity index (χ1) is 11.5. The smallest absolute Gasteiger partial charge is 0.241 e. The highest BCUT2D eigenvalue weighted by atomic mass is 79.9. The van der Waals surface area contributed by atoms with Gasteiger partial charge in [-0.1, -0.05) is 28.1 Å². The number of nitrogens with zero attached hydrogens (tertiary/aromatic N) is 2. The molecule has 1 heterocycles. The maximum Gasteiger partial charge on any atom is 0.241 e. The average molecular weight is 409 g/mol. The van der Waals surface area contributed by atoms with Gasteiger partial charge in [0, 0.05) is 25.1 Å². The monoisotopic (exact) mass is 408 g/mol. The van der Waals surface area contributed by atoms with Gasteiger partial charge in [0.15, 0.2) is 5.96 Å². The van der Waals surface area contributed by atoms with Crippen LogP contribution in [0, 0.1) is 0 Å². The molecule has 1 amide bonds. The van der Waals surface area contributed by atoms with Gasteiger partial charge in [-0.2, -0.15) is 11.3 Å². The quantitative estimate of drug-likeness (QED) is 0.570. The van der Waals surface area contributed by atoms with Gasteiger partial charge in [0.1, 0.15) is 0 Å². The number of amides is 1. The fourth-order valence-electron chi connectivity index (χ4n) is 1.83. The third kappa shape index (κ3) is 6.33. The molecule has 1 aromatic carbocycles. The molecule has 0 aliphatic rings. The minimum atomic E-state index is 0.00340. The van der Waals surface area contributed by atoms with E-state index in [9.17, 15) is 4.79 Å². The second-order valence-electron chi connectivity index (χ2n) is 5.42. The molecular weight excluding hydrogens is 388 g/mol. The molecule has 0 saturated heterocycles. The molecule has 24 heavy (non-hydrogen) atoms. The molecule has 0 aliphatic heterocycles. The van der Waals surface area contributed by atoms with E-state index in [1.165, 1.54) is 0 Å². The molecule has 0 bridgehead atoms.